The first-order chi connectivity index (χ1) is 6.72. The highest BCUT2D eigenvalue weighted by Crippen LogP contribution is 2.40. The van der Waals surface area contributed by atoms with Crippen molar-refractivity contribution < 1.29 is 0 Å². The Morgan fingerprint density at radius 2 is 2.14 bits per heavy atom. The van der Waals surface area contributed by atoms with Crippen LogP contribution >= 0.6 is 0 Å². The largest absolute Gasteiger partial charge is 0.398 e. The van der Waals surface area contributed by atoms with Crippen LogP contribution in [0.15, 0.2) is 18.2 Å². The van der Waals surface area contributed by atoms with Crippen LogP contribution in [0.5, 0.6) is 0 Å². The van der Waals surface area contributed by atoms with Crippen molar-refractivity contribution in [3.8, 4) is 6.07 Å². The summed E-state index contributed by atoms with van der Waals surface area (Å²) in [4.78, 5) is 0. The molecule has 3 heteroatoms. The van der Waals surface area contributed by atoms with Gasteiger partial charge < -0.3 is 11.5 Å². The Morgan fingerprint density at radius 3 is 2.64 bits per heavy atom. The Bertz CT molecular complexity index is 388. The average molecular weight is 187 g/mol. The first-order valence-electron chi connectivity index (χ1n) is 4.77. The zero-order valence-electron chi connectivity index (χ0n) is 7.90. The molecule has 3 nitrogen and oxygen atoms in total. The molecule has 0 heterocycles. The van der Waals surface area contributed by atoms with E-state index >= 15 is 0 Å². The zero-order chi connectivity index (χ0) is 10.1. The Balaban J connectivity index is 2.30. The molecule has 1 aliphatic carbocycles. The normalized spacial score (nSPS) is 17.4. The third-order valence-electron chi connectivity index (χ3n) is 2.70. The van der Waals surface area contributed by atoms with Crippen molar-refractivity contribution >= 4 is 5.69 Å². The molecule has 0 aliphatic heterocycles. The second kappa shape index (κ2) is 3.32. The minimum Gasteiger partial charge on any atom is -0.398 e. The molecule has 1 aliphatic rings. The van der Waals surface area contributed by atoms with Gasteiger partial charge in [0, 0.05) is 11.7 Å². The molecule has 0 bridgehead atoms. The van der Waals surface area contributed by atoms with Gasteiger partial charge in [0.15, 0.2) is 0 Å². The van der Waals surface area contributed by atoms with E-state index in [1.54, 1.807) is 12.1 Å². The molecule has 0 radical (unpaired) electrons. The van der Waals surface area contributed by atoms with Crippen molar-refractivity contribution in [2.45, 2.75) is 18.9 Å². The minimum atomic E-state index is 0.0442. The van der Waals surface area contributed by atoms with Crippen molar-refractivity contribution in [1.29, 1.82) is 5.26 Å². The van der Waals surface area contributed by atoms with Gasteiger partial charge in [-0.1, -0.05) is 6.07 Å². The van der Waals surface area contributed by atoms with Gasteiger partial charge in [-0.05, 0) is 36.5 Å². The molecule has 1 saturated carbocycles. The number of nitrogen functional groups attached to an aromatic ring is 1. The molecule has 14 heavy (non-hydrogen) atoms. The molecule has 1 atom stereocenters. The van der Waals surface area contributed by atoms with Gasteiger partial charge in [0.05, 0.1) is 11.6 Å². The van der Waals surface area contributed by atoms with E-state index in [1.165, 1.54) is 12.8 Å². The van der Waals surface area contributed by atoms with Crippen LogP contribution in [-0.4, -0.2) is 0 Å². The molecule has 72 valence electrons. The highest BCUT2D eigenvalue weighted by Gasteiger charge is 2.30. The van der Waals surface area contributed by atoms with Gasteiger partial charge >= 0.3 is 0 Å². The molecule has 0 spiro atoms. The molecular weight excluding hydrogens is 174 g/mol. The fourth-order valence-electron chi connectivity index (χ4n) is 1.66. The lowest BCUT2D eigenvalue weighted by Gasteiger charge is -2.13. The van der Waals surface area contributed by atoms with Gasteiger partial charge in [0.2, 0.25) is 0 Å². The van der Waals surface area contributed by atoms with Crippen LogP contribution in [0.1, 0.15) is 30.0 Å². The fraction of sp³-hybridized carbons (Fsp3) is 0.364. The summed E-state index contributed by atoms with van der Waals surface area (Å²) in [5.41, 5.74) is 14.1. The Kier molecular flexibility index (Phi) is 2.14. The van der Waals surface area contributed by atoms with Crippen LogP contribution in [0.2, 0.25) is 0 Å². The summed E-state index contributed by atoms with van der Waals surface area (Å²) in [5.74, 6) is 0.588. The van der Waals surface area contributed by atoms with Crippen LogP contribution < -0.4 is 11.5 Å². The highest BCUT2D eigenvalue weighted by molar-refractivity contribution is 5.53. The Morgan fingerprint density at radius 1 is 1.43 bits per heavy atom. The molecule has 0 unspecified atom stereocenters. The van der Waals surface area contributed by atoms with E-state index in [2.05, 4.69) is 6.07 Å². The van der Waals surface area contributed by atoms with Crippen LogP contribution in [-0.2, 0) is 0 Å². The summed E-state index contributed by atoms with van der Waals surface area (Å²) in [6.07, 6.45) is 2.39. The number of hydrogen-bond donors (Lipinski definition) is 2. The standard InChI is InChI=1S/C11H13N3/c12-6-7-1-4-9(10(13)5-7)11(14)8-2-3-8/h1,4-5,8,11H,2-3,13-14H2/t11-/m0/s1. The summed E-state index contributed by atoms with van der Waals surface area (Å²) in [6.45, 7) is 0. The first-order valence-corrected chi connectivity index (χ1v) is 4.77. The van der Waals surface area contributed by atoms with Gasteiger partial charge in [-0.2, -0.15) is 5.26 Å². The van der Waals surface area contributed by atoms with Gasteiger partial charge in [0.25, 0.3) is 0 Å². The third kappa shape index (κ3) is 1.57. The van der Waals surface area contributed by atoms with Crippen molar-refractivity contribution in [3.63, 3.8) is 0 Å². The molecule has 2 rings (SSSR count). The number of nitriles is 1. The van der Waals surface area contributed by atoms with E-state index in [4.69, 9.17) is 16.7 Å². The summed E-state index contributed by atoms with van der Waals surface area (Å²) in [5, 5.41) is 8.68. The van der Waals surface area contributed by atoms with Gasteiger partial charge in [-0.25, -0.2) is 0 Å². The maximum atomic E-state index is 8.68. The van der Waals surface area contributed by atoms with Crippen molar-refractivity contribution in [2.75, 3.05) is 5.73 Å². The van der Waals surface area contributed by atoms with E-state index in [-0.39, 0.29) is 6.04 Å². The number of anilines is 1. The first kappa shape index (κ1) is 9.04. The molecule has 0 aromatic heterocycles. The summed E-state index contributed by atoms with van der Waals surface area (Å²) in [7, 11) is 0. The SMILES string of the molecule is N#Cc1ccc([C@@H](N)C2CC2)c(N)c1. The van der Waals surface area contributed by atoms with Crippen LogP contribution in [0.25, 0.3) is 0 Å². The summed E-state index contributed by atoms with van der Waals surface area (Å²) >= 11 is 0. The van der Waals surface area contributed by atoms with Crippen molar-refractivity contribution in [1.82, 2.24) is 0 Å². The minimum absolute atomic E-state index is 0.0442. The monoisotopic (exact) mass is 187 g/mol. The van der Waals surface area contributed by atoms with Crippen LogP contribution in [0, 0.1) is 17.2 Å². The topological polar surface area (TPSA) is 75.8 Å². The lowest BCUT2D eigenvalue weighted by atomic mass is 10.00. The zero-order valence-corrected chi connectivity index (χ0v) is 7.90. The van der Waals surface area contributed by atoms with E-state index < -0.39 is 0 Å². The number of benzene rings is 1. The fourth-order valence-corrected chi connectivity index (χ4v) is 1.66. The second-order valence-corrected chi connectivity index (χ2v) is 3.82. The van der Waals surface area contributed by atoms with E-state index in [9.17, 15) is 0 Å². The molecular formula is C11H13N3. The molecule has 4 N–H and O–H groups in total. The highest BCUT2D eigenvalue weighted by atomic mass is 14.7. The third-order valence-corrected chi connectivity index (χ3v) is 2.70. The van der Waals surface area contributed by atoms with E-state index in [1.807, 2.05) is 6.07 Å². The number of nitrogens with two attached hydrogens (primary N) is 2. The predicted molar refractivity (Wildman–Crippen MR) is 55.2 cm³/mol. The smallest absolute Gasteiger partial charge is 0.0992 e. The van der Waals surface area contributed by atoms with Crippen molar-refractivity contribution in [2.24, 2.45) is 11.7 Å². The molecule has 1 fully saturated rings. The number of rotatable bonds is 2. The maximum absolute atomic E-state index is 8.68. The summed E-state index contributed by atoms with van der Waals surface area (Å²) < 4.78 is 0. The average Bonchev–Trinajstić information content (AvgIpc) is 3.00. The van der Waals surface area contributed by atoms with Gasteiger partial charge in [0.1, 0.15) is 0 Å². The Labute approximate surface area is 83.3 Å². The second-order valence-electron chi connectivity index (χ2n) is 3.82. The maximum Gasteiger partial charge on any atom is 0.0992 e. The predicted octanol–water partition coefficient (Wildman–Crippen LogP) is 1.55. The van der Waals surface area contributed by atoms with E-state index in [0.717, 1.165) is 5.56 Å². The van der Waals surface area contributed by atoms with Crippen molar-refractivity contribution in [3.05, 3.63) is 29.3 Å². The van der Waals surface area contributed by atoms with Gasteiger partial charge in [-0.15, -0.1) is 0 Å². The molecule has 0 saturated heterocycles. The molecule has 1 aromatic carbocycles. The van der Waals surface area contributed by atoms with Crippen LogP contribution in [0.3, 0.4) is 0 Å². The lowest BCUT2D eigenvalue weighted by Crippen LogP contribution is -2.14. The number of nitrogens with zero attached hydrogens (tertiary/aromatic N) is 1. The number of hydrogen-bond acceptors (Lipinski definition) is 3. The van der Waals surface area contributed by atoms with E-state index in [0.29, 0.717) is 17.2 Å². The quantitative estimate of drug-likeness (QED) is 0.690. The molecule has 1 aromatic rings. The van der Waals surface area contributed by atoms with Crippen LogP contribution in [0.4, 0.5) is 5.69 Å². The molecule has 0 amide bonds. The van der Waals surface area contributed by atoms with Gasteiger partial charge in [-0.3, -0.25) is 0 Å². The Hall–Kier alpha value is -1.53. The summed E-state index contributed by atoms with van der Waals surface area (Å²) in [6, 6.07) is 7.44. The lowest BCUT2D eigenvalue weighted by molar-refractivity contribution is 0.635.